The van der Waals surface area contributed by atoms with Crippen LogP contribution in [0.3, 0.4) is 0 Å². The predicted molar refractivity (Wildman–Crippen MR) is 104 cm³/mol. The Bertz CT molecular complexity index is 1040. The fourth-order valence-corrected chi connectivity index (χ4v) is 3.49. The maximum Gasteiger partial charge on any atom is 0.143 e. The second kappa shape index (κ2) is 7.28. The summed E-state index contributed by atoms with van der Waals surface area (Å²) in [6, 6.07) is 14.1. The van der Waals surface area contributed by atoms with Gasteiger partial charge in [-0.3, -0.25) is 0 Å². The first-order valence-corrected chi connectivity index (χ1v) is 9.49. The quantitative estimate of drug-likeness (QED) is 0.475. The molecule has 2 aromatic carbocycles. The number of aromatic nitrogens is 4. The molecule has 7 heteroatoms. The molecule has 0 fully saturated rings. The van der Waals surface area contributed by atoms with Crippen molar-refractivity contribution in [3.8, 4) is 28.4 Å². The Kier molecular flexibility index (Phi) is 4.68. The summed E-state index contributed by atoms with van der Waals surface area (Å²) in [4.78, 5) is 4.18. The molecule has 2 heterocycles. The smallest absolute Gasteiger partial charge is 0.143 e. The summed E-state index contributed by atoms with van der Waals surface area (Å²) in [5.74, 6) is 0.498. The zero-order valence-electron chi connectivity index (χ0n) is 14.8. The molecule has 0 aliphatic carbocycles. The molecule has 0 radical (unpaired) electrons. The molecular weight excluding hydrogens is 363 g/mol. The van der Waals surface area contributed by atoms with Gasteiger partial charge in [-0.05, 0) is 54.8 Å². The van der Waals surface area contributed by atoms with Crippen LogP contribution >= 0.6 is 11.8 Å². The summed E-state index contributed by atoms with van der Waals surface area (Å²) in [5.41, 5.74) is 3.57. The predicted octanol–water partition coefficient (Wildman–Crippen LogP) is 4.59. The lowest BCUT2D eigenvalue weighted by Gasteiger charge is -2.11. The van der Waals surface area contributed by atoms with Crippen molar-refractivity contribution in [1.29, 1.82) is 0 Å². The van der Waals surface area contributed by atoms with Gasteiger partial charge in [-0.2, -0.15) is 5.10 Å². The van der Waals surface area contributed by atoms with Crippen LogP contribution in [0.1, 0.15) is 0 Å². The molecule has 0 unspecified atom stereocenters. The summed E-state index contributed by atoms with van der Waals surface area (Å²) in [5, 5.41) is 5.63. The summed E-state index contributed by atoms with van der Waals surface area (Å²) >= 11 is 1.55. The molecule has 0 atom stereocenters. The SMILES string of the molecule is COc1ccc(-c2c(-n3ccnc3)c(SC)nn2-c2ccc(F)cc2)cc1. The third-order valence-corrected chi connectivity index (χ3v) is 4.88. The zero-order chi connectivity index (χ0) is 18.8. The van der Waals surface area contributed by atoms with Crippen LogP contribution in [0.2, 0.25) is 0 Å². The number of benzene rings is 2. The summed E-state index contributed by atoms with van der Waals surface area (Å²) in [6.07, 6.45) is 7.35. The second-order valence-electron chi connectivity index (χ2n) is 5.79. The van der Waals surface area contributed by atoms with Crippen LogP contribution in [0, 0.1) is 5.82 Å². The monoisotopic (exact) mass is 380 g/mol. The third kappa shape index (κ3) is 3.21. The van der Waals surface area contributed by atoms with E-state index in [1.165, 1.54) is 12.1 Å². The minimum absolute atomic E-state index is 0.281. The Morgan fingerprint density at radius 1 is 1.04 bits per heavy atom. The van der Waals surface area contributed by atoms with E-state index in [9.17, 15) is 4.39 Å². The van der Waals surface area contributed by atoms with Crippen LogP contribution in [-0.4, -0.2) is 32.7 Å². The Hall–Kier alpha value is -3.06. The fourth-order valence-electron chi connectivity index (χ4n) is 2.93. The maximum absolute atomic E-state index is 13.4. The summed E-state index contributed by atoms with van der Waals surface area (Å²) < 4.78 is 22.5. The van der Waals surface area contributed by atoms with Crippen molar-refractivity contribution in [3.63, 3.8) is 0 Å². The fraction of sp³-hybridized carbons (Fsp3) is 0.100. The van der Waals surface area contributed by atoms with E-state index in [0.29, 0.717) is 0 Å². The average Bonchev–Trinajstić information content (AvgIpc) is 3.36. The lowest BCUT2D eigenvalue weighted by atomic mass is 10.1. The van der Waals surface area contributed by atoms with Crippen molar-refractivity contribution in [2.24, 2.45) is 0 Å². The van der Waals surface area contributed by atoms with E-state index in [0.717, 1.165) is 33.4 Å². The van der Waals surface area contributed by atoms with Crippen LogP contribution in [0.25, 0.3) is 22.6 Å². The van der Waals surface area contributed by atoms with Crippen LogP contribution in [0.5, 0.6) is 5.75 Å². The molecular formula is C20H17FN4OS. The first-order valence-electron chi connectivity index (χ1n) is 8.27. The lowest BCUT2D eigenvalue weighted by molar-refractivity contribution is 0.415. The van der Waals surface area contributed by atoms with E-state index in [-0.39, 0.29) is 5.82 Å². The summed E-state index contributed by atoms with van der Waals surface area (Å²) in [7, 11) is 1.64. The molecule has 0 aliphatic heterocycles. The number of hydrogen-bond donors (Lipinski definition) is 0. The van der Waals surface area contributed by atoms with E-state index in [4.69, 9.17) is 9.84 Å². The largest absolute Gasteiger partial charge is 0.497 e. The maximum atomic E-state index is 13.4. The molecule has 0 amide bonds. The van der Waals surface area contributed by atoms with Crippen LogP contribution in [-0.2, 0) is 0 Å². The van der Waals surface area contributed by atoms with Crippen molar-refractivity contribution in [2.45, 2.75) is 5.03 Å². The molecule has 4 rings (SSSR count). The number of halogens is 1. The Balaban J connectivity index is 1.99. The van der Waals surface area contributed by atoms with Crippen molar-refractivity contribution in [2.75, 3.05) is 13.4 Å². The van der Waals surface area contributed by atoms with Crippen LogP contribution < -0.4 is 4.74 Å². The normalized spacial score (nSPS) is 10.9. The Morgan fingerprint density at radius 3 is 2.37 bits per heavy atom. The zero-order valence-corrected chi connectivity index (χ0v) is 15.7. The molecule has 0 spiro atoms. The van der Waals surface area contributed by atoms with Crippen molar-refractivity contribution in [1.82, 2.24) is 19.3 Å². The number of methoxy groups -OCH3 is 1. The van der Waals surface area contributed by atoms with Gasteiger partial charge in [0.05, 0.1) is 24.8 Å². The van der Waals surface area contributed by atoms with Gasteiger partial charge >= 0.3 is 0 Å². The first-order chi connectivity index (χ1) is 13.2. The highest BCUT2D eigenvalue weighted by Crippen LogP contribution is 2.36. The van der Waals surface area contributed by atoms with Gasteiger partial charge in [0.1, 0.15) is 22.3 Å². The van der Waals surface area contributed by atoms with Crippen LogP contribution in [0.15, 0.2) is 72.3 Å². The van der Waals surface area contributed by atoms with Crippen molar-refractivity contribution in [3.05, 3.63) is 73.1 Å². The third-order valence-electron chi connectivity index (χ3n) is 4.22. The van der Waals surface area contributed by atoms with Gasteiger partial charge in [-0.25, -0.2) is 14.1 Å². The van der Waals surface area contributed by atoms with Crippen molar-refractivity contribution >= 4 is 11.8 Å². The Labute approximate surface area is 160 Å². The van der Waals surface area contributed by atoms with Gasteiger partial charge in [0.25, 0.3) is 0 Å². The average molecular weight is 380 g/mol. The molecule has 0 aliphatic rings. The van der Waals surface area contributed by atoms with E-state index >= 15 is 0 Å². The standard InChI is InChI=1S/C20H17FN4OS/c1-26-17-9-3-14(4-10-17)18-19(24-12-11-22-13-24)20(27-2)23-25(18)16-7-5-15(21)6-8-16/h3-13H,1-2H3. The van der Waals surface area contributed by atoms with Gasteiger partial charge in [0.15, 0.2) is 0 Å². The van der Waals surface area contributed by atoms with E-state index < -0.39 is 0 Å². The van der Waals surface area contributed by atoms with E-state index in [1.807, 2.05) is 46.0 Å². The molecule has 5 nitrogen and oxygen atoms in total. The van der Waals surface area contributed by atoms with E-state index in [2.05, 4.69) is 4.98 Å². The molecule has 0 saturated carbocycles. The highest BCUT2D eigenvalue weighted by Gasteiger charge is 2.21. The number of thioether (sulfide) groups is 1. The number of ether oxygens (including phenoxy) is 1. The molecule has 2 aromatic heterocycles. The minimum Gasteiger partial charge on any atom is -0.497 e. The van der Waals surface area contributed by atoms with Gasteiger partial charge < -0.3 is 9.30 Å². The highest BCUT2D eigenvalue weighted by molar-refractivity contribution is 7.98. The number of hydrogen-bond acceptors (Lipinski definition) is 4. The summed E-state index contributed by atoms with van der Waals surface area (Å²) in [6.45, 7) is 0. The first kappa shape index (κ1) is 17.4. The van der Waals surface area contributed by atoms with Crippen LogP contribution in [0.4, 0.5) is 4.39 Å². The molecule has 0 bridgehead atoms. The van der Waals surface area contributed by atoms with Gasteiger partial charge in [-0.15, -0.1) is 11.8 Å². The van der Waals surface area contributed by atoms with Crippen molar-refractivity contribution < 1.29 is 9.13 Å². The van der Waals surface area contributed by atoms with E-state index in [1.54, 1.807) is 43.5 Å². The van der Waals surface area contributed by atoms with Gasteiger partial charge in [-0.1, -0.05) is 0 Å². The minimum atomic E-state index is -0.281. The lowest BCUT2D eigenvalue weighted by Crippen LogP contribution is -2.01. The molecule has 0 saturated heterocycles. The molecule has 4 aromatic rings. The molecule has 27 heavy (non-hydrogen) atoms. The van der Waals surface area contributed by atoms with Gasteiger partial charge in [0.2, 0.25) is 0 Å². The van der Waals surface area contributed by atoms with Gasteiger partial charge in [0, 0.05) is 18.0 Å². The highest BCUT2D eigenvalue weighted by atomic mass is 32.2. The number of rotatable bonds is 5. The molecule has 136 valence electrons. The molecule has 0 N–H and O–H groups in total. The topological polar surface area (TPSA) is 44.9 Å². The second-order valence-corrected chi connectivity index (χ2v) is 6.59. The number of nitrogens with zero attached hydrogens (tertiary/aromatic N) is 4. The number of imidazole rings is 1. The Morgan fingerprint density at radius 2 is 1.78 bits per heavy atom.